The van der Waals surface area contributed by atoms with E-state index in [1.54, 1.807) is 0 Å². The van der Waals surface area contributed by atoms with Gasteiger partial charge < -0.3 is 0 Å². The van der Waals surface area contributed by atoms with Crippen LogP contribution in [0.5, 0.6) is 0 Å². The fourth-order valence-electron chi connectivity index (χ4n) is 2.19. The third kappa shape index (κ3) is 3.12. The van der Waals surface area contributed by atoms with Gasteiger partial charge in [-0.15, -0.1) is 0 Å². The lowest BCUT2D eigenvalue weighted by atomic mass is 10.1. The third-order valence-electron chi connectivity index (χ3n) is 3.21. The zero-order valence-corrected chi connectivity index (χ0v) is 13.1. The van der Waals surface area contributed by atoms with E-state index in [0.717, 1.165) is 22.9 Å². The van der Waals surface area contributed by atoms with Gasteiger partial charge >= 0.3 is 0 Å². The molecule has 21 heavy (non-hydrogen) atoms. The highest BCUT2D eigenvalue weighted by atomic mass is 35.5. The summed E-state index contributed by atoms with van der Waals surface area (Å²) in [6.07, 6.45) is 2.30. The zero-order chi connectivity index (χ0) is 15.6. The number of aliphatic imine (C=N–C) groups is 1. The molecular weight excluding hydrogens is 342 g/mol. The van der Waals surface area contributed by atoms with Crippen LogP contribution >= 0.6 is 23.2 Å². The number of rotatable bonds is 3. The molecule has 1 atom stereocenters. The van der Waals surface area contributed by atoms with Gasteiger partial charge in [0.25, 0.3) is 0 Å². The average Bonchev–Trinajstić information content (AvgIpc) is 2.45. The van der Waals surface area contributed by atoms with E-state index in [-0.39, 0.29) is 16.5 Å². The molecule has 2 rings (SSSR count). The summed E-state index contributed by atoms with van der Waals surface area (Å²) in [4.78, 5) is 13.5. The second-order valence-electron chi connectivity index (χ2n) is 4.49. The Hall–Kier alpha value is -0.980. The maximum absolute atomic E-state index is 13.7. The SMILES string of the molecule is O=C=NC1CCCCN1S(=O)(=O)c1ccc(Cl)c(F)c1Cl. The van der Waals surface area contributed by atoms with Crippen LogP contribution in [0.15, 0.2) is 22.0 Å². The molecule has 0 amide bonds. The number of nitrogens with zero attached hydrogens (tertiary/aromatic N) is 2. The molecule has 0 spiro atoms. The molecule has 0 saturated carbocycles. The van der Waals surface area contributed by atoms with Crippen LogP contribution in [-0.4, -0.2) is 31.5 Å². The van der Waals surface area contributed by atoms with E-state index in [1.165, 1.54) is 6.08 Å². The lowest BCUT2D eigenvalue weighted by Gasteiger charge is -2.31. The first-order valence-electron chi connectivity index (χ1n) is 6.12. The summed E-state index contributed by atoms with van der Waals surface area (Å²) in [5.74, 6) is -0.994. The lowest BCUT2D eigenvalue weighted by Crippen LogP contribution is -2.42. The Morgan fingerprint density at radius 2 is 2.05 bits per heavy atom. The van der Waals surface area contributed by atoms with Crippen LogP contribution in [0, 0.1) is 5.82 Å². The van der Waals surface area contributed by atoms with Gasteiger partial charge in [0.1, 0.15) is 11.1 Å². The highest BCUT2D eigenvalue weighted by molar-refractivity contribution is 7.89. The van der Waals surface area contributed by atoms with Gasteiger partial charge in [-0.3, -0.25) is 0 Å². The van der Waals surface area contributed by atoms with Crippen molar-refractivity contribution in [1.82, 2.24) is 4.31 Å². The summed E-state index contributed by atoms with van der Waals surface area (Å²) in [7, 11) is -4.07. The number of sulfonamides is 1. The third-order valence-corrected chi connectivity index (χ3v) is 5.92. The number of piperidine rings is 1. The van der Waals surface area contributed by atoms with E-state index in [2.05, 4.69) is 4.99 Å². The molecule has 9 heteroatoms. The maximum atomic E-state index is 13.7. The zero-order valence-electron chi connectivity index (χ0n) is 10.7. The fourth-order valence-corrected chi connectivity index (χ4v) is 4.51. The number of halogens is 3. The minimum absolute atomic E-state index is 0.179. The van der Waals surface area contributed by atoms with Gasteiger partial charge in [-0.1, -0.05) is 23.2 Å². The summed E-state index contributed by atoms with van der Waals surface area (Å²) >= 11 is 11.3. The van der Waals surface area contributed by atoms with Crippen molar-refractivity contribution in [2.75, 3.05) is 6.54 Å². The Balaban J connectivity index is 2.50. The van der Waals surface area contributed by atoms with Crippen LogP contribution in [0.25, 0.3) is 0 Å². The van der Waals surface area contributed by atoms with Gasteiger partial charge in [-0.2, -0.15) is 9.30 Å². The van der Waals surface area contributed by atoms with E-state index in [0.29, 0.717) is 12.8 Å². The summed E-state index contributed by atoms with van der Waals surface area (Å²) in [6, 6.07) is 2.26. The summed E-state index contributed by atoms with van der Waals surface area (Å²) in [5.41, 5.74) is 0. The average molecular weight is 353 g/mol. The predicted octanol–water partition coefficient (Wildman–Crippen LogP) is 2.97. The molecule has 1 aromatic carbocycles. The van der Waals surface area contributed by atoms with E-state index in [9.17, 15) is 17.6 Å². The Kier molecular flexibility index (Phi) is 5.01. The number of hydrogen-bond donors (Lipinski definition) is 0. The van der Waals surface area contributed by atoms with E-state index >= 15 is 0 Å². The second kappa shape index (κ2) is 6.42. The van der Waals surface area contributed by atoms with Gasteiger partial charge in [-0.05, 0) is 31.4 Å². The fraction of sp³-hybridized carbons (Fsp3) is 0.417. The molecule has 5 nitrogen and oxygen atoms in total. The van der Waals surface area contributed by atoms with Crippen molar-refractivity contribution >= 4 is 39.3 Å². The quantitative estimate of drug-likeness (QED) is 0.477. The van der Waals surface area contributed by atoms with Gasteiger partial charge in [0.15, 0.2) is 5.82 Å². The minimum Gasteiger partial charge on any atom is -0.211 e. The van der Waals surface area contributed by atoms with E-state index in [4.69, 9.17) is 23.2 Å². The summed E-state index contributed by atoms with van der Waals surface area (Å²) in [5, 5.41) is -0.832. The van der Waals surface area contributed by atoms with Crippen LogP contribution in [0.1, 0.15) is 19.3 Å². The number of benzene rings is 1. The Labute approximate surface area is 131 Å². The molecule has 1 aliphatic heterocycles. The van der Waals surface area contributed by atoms with Crippen molar-refractivity contribution in [3.8, 4) is 0 Å². The summed E-state index contributed by atoms with van der Waals surface area (Å²) in [6.45, 7) is 0.179. The van der Waals surface area contributed by atoms with Gasteiger partial charge in [0, 0.05) is 6.54 Å². The maximum Gasteiger partial charge on any atom is 0.246 e. The molecule has 1 unspecified atom stereocenters. The molecule has 1 fully saturated rings. The molecule has 0 radical (unpaired) electrons. The topological polar surface area (TPSA) is 66.8 Å². The normalized spacial score (nSPS) is 20.0. The van der Waals surface area contributed by atoms with Crippen molar-refractivity contribution in [3.05, 3.63) is 28.0 Å². The molecule has 1 aliphatic rings. The first-order valence-corrected chi connectivity index (χ1v) is 8.31. The van der Waals surface area contributed by atoms with Gasteiger partial charge in [0.05, 0.1) is 10.0 Å². The van der Waals surface area contributed by atoms with E-state index < -0.39 is 27.0 Å². The van der Waals surface area contributed by atoms with Gasteiger partial charge in [0.2, 0.25) is 16.1 Å². The molecule has 1 saturated heterocycles. The van der Waals surface area contributed by atoms with Crippen LogP contribution in [0.2, 0.25) is 10.0 Å². The van der Waals surface area contributed by atoms with Gasteiger partial charge in [-0.25, -0.2) is 17.6 Å². The number of hydrogen-bond acceptors (Lipinski definition) is 4. The van der Waals surface area contributed by atoms with Crippen molar-refractivity contribution in [2.45, 2.75) is 30.3 Å². The van der Waals surface area contributed by atoms with Crippen LogP contribution in [0.4, 0.5) is 4.39 Å². The smallest absolute Gasteiger partial charge is 0.211 e. The Morgan fingerprint density at radius 1 is 1.33 bits per heavy atom. The molecular formula is C12H11Cl2FN2O3S. The second-order valence-corrected chi connectivity index (χ2v) is 7.13. The highest BCUT2D eigenvalue weighted by Crippen LogP contribution is 2.33. The molecule has 0 aromatic heterocycles. The summed E-state index contributed by atoms with van der Waals surface area (Å²) < 4.78 is 39.9. The molecule has 1 aromatic rings. The number of isocyanates is 1. The van der Waals surface area contributed by atoms with Crippen molar-refractivity contribution in [3.63, 3.8) is 0 Å². The monoisotopic (exact) mass is 352 g/mol. The van der Waals surface area contributed by atoms with E-state index in [1.807, 2.05) is 0 Å². The minimum atomic E-state index is -4.07. The highest BCUT2D eigenvalue weighted by Gasteiger charge is 2.35. The Bertz CT molecular complexity index is 705. The first kappa shape index (κ1) is 16.4. The standard InChI is InChI=1S/C12H11Cl2FN2O3S/c13-8-4-5-9(11(14)12(8)15)21(19,20)17-6-2-1-3-10(17)16-7-18/h4-5,10H,1-3,6H2. The van der Waals surface area contributed by atoms with Crippen LogP contribution in [-0.2, 0) is 14.8 Å². The van der Waals surface area contributed by atoms with Crippen LogP contribution in [0.3, 0.4) is 0 Å². The van der Waals surface area contributed by atoms with Crippen molar-refractivity contribution in [1.29, 1.82) is 0 Å². The molecule has 0 bridgehead atoms. The molecule has 114 valence electrons. The largest absolute Gasteiger partial charge is 0.246 e. The molecule has 0 aliphatic carbocycles. The first-order chi connectivity index (χ1) is 9.89. The molecule has 0 N–H and O–H groups in total. The van der Waals surface area contributed by atoms with Crippen LogP contribution < -0.4 is 0 Å². The molecule has 1 heterocycles. The van der Waals surface area contributed by atoms with Crippen molar-refractivity contribution in [2.24, 2.45) is 4.99 Å². The predicted molar refractivity (Wildman–Crippen MR) is 76.1 cm³/mol. The number of carbonyl (C=O) groups excluding carboxylic acids is 1. The van der Waals surface area contributed by atoms with Crippen molar-refractivity contribution < 1.29 is 17.6 Å². The Morgan fingerprint density at radius 3 is 2.71 bits per heavy atom. The lowest BCUT2D eigenvalue weighted by molar-refractivity contribution is 0.259.